The van der Waals surface area contributed by atoms with E-state index in [0.29, 0.717) is 17.6 Å². The van der Waals surface area contributed by atoms with E-state index in [2.05, 4.69) is 170 Å². The summed E-state index contributed by atoms with van der Waals surface area (Å²) in [6.07, 6.45) is 0. The zero-order valence-electron chi connectivity index (χ0n) is 32.5. The summed E-state index contributed by atoms with van der Waals surface area (Å²) in [5, 5.41) is 4.33. The van der Waals surface area contributed by atoms with Crippen LogP contribution in [0.1, 0.15) is 25.0 Å². The number of furan rings is 1. The van der Waals surface area contributed by atoms with E-state index in [4.69, 9.17) is 19.4 Å². The number of para-hydroxylation sites is 2. The minimum atomic E-state index is -0.268. The molecule has 278 valence electrons. The molecule has 3 heterocycles. The lowest BCUT2D eigenvalue weighted by Crippen LogP contribution is -2.17. The van der Waals surface area contributed by atoms with Crippen LogP contribution >= 0.6 is 0 Å². The first-order valence-corrected chi connectivity index (χ1v) is 20.1. The molecule has 0 radical (unpaired) electrons. The Morgan fingerprint density at radius 2 is 1.03 bits per heavy atom. The van der Waals surface area contributed by atoms with Crippen LogP contribution in [0.4, 0.5) is 0 Å². The van der Waals surface area contributed by atoms with Gasteiger partial charge >= 0.3 is 0 Å². The molecule has 12 rings (SSSR count). The number of fused-ring (bicyclic) bond motifs is 10. The predicted molar refractivity (Wildman–Crippen MR) is 241 cm³/mol. The smallest absolute Gasteiger partial charge is 0.238 e. The molecule has 5 heteroatoms. The molecule has 1 aliphatic rings. The summed E-state index contributed by atoms with van der Waals surface area (Å²) in [4.78, 5) is 16.4. The fourth-order valence-corrected chi connectivity index (χ4v) is 9.59. The van der Waals surface area contributed by atoms with Gasteiger partial charge in [0.05, 0.1) is 11.0 Å². The van der Waals surface area contributed by atoms with Gasteiger partial charge in [-0.15, -0.1) is 0 Å². The maximum atomic E-state index is 6.39. The van der Waals surface area contributed by atoms with Crippen molar-refractivity contribution in [1.82, 2.24) is 19.5 Å². The predicted octanol–water partition coefficient (Wildman–Crippen LogP) is 13.8. The monoisotopic (exact) mass is 756 g/mol. The second-order valence-electron chi connectivity index (χ2n) is 16.0. The molecule has 0 atom stereocenters. The van der Waals surface area contributed by atoms with Gasteiger partial charge < -0.3 is 4.42 Å². The SMILES string of the molecule is CC1(C)c2ccccc2-c2ccc3c4ccccc4n(-c4nc(-c5ccccc5-c5ccc(-c6ccccc6)cc5)nc(-c5cccc6oc7ccccc7c56)n4)c3c21. The van der Waals surface area contributed by atoms with Crippen LogP contribution in [0, 0.1) is 0 Å². The fraction of sp³-hybridized carbons (Fsp3) is 0.0556. The van der Waals surface area contributed by atoms with Gasteiger partial charge in [-0.2, -0.15) is 9.97 Å². The molecule has 0 fully saturated rings. The number of benzene rings is 8. The number of rotatable bonds is 5. The van der Waals surface area contributed by atoms with Gasteiger partial charge in [0.1, 0.15) is 11.2 Å². The molecule has 0 saturated carbocycles. The van der Waals surface area contributed by atoms with Crippen molar-refractivity contribution >= 4 is 43.7 Å². The molecule has 8 aromatic carbocycles. The molecule has 11 aromatic rings. The highest BCUT2D eigenvalue weighted by Gasteiger charge is 2.38. The van der Waals surface area contributed by atoms with E-state index in [1.54, 1.807) is 0 Å². The van der Waals surface area contributed by atoms with E-state index in [0.717, 1.165) is 60.6 Å². The molecular formula is C54H36N4O. The Kier molecular flexibility index (Phi) is 7.20. The lowest BCUT2D eigenvalue weighted by Gasteiger charge is -2.23. The third-order valence-corrected chi connectivity index (χ3v) is 12.3. The molecule has 0 bridgehead atoms. The zero-order chi connectivity index (χ0) is 39.2. The average molecular weight is 757 g/mol. The van der Waals surface area contributed by atoms with Crippen molar-refractivity contribution in [1.29, 1.82) is 0 Å². The topological polar surface area (TPSA) is 56.7 Å². The van der Waals surface area contributed by atoms with E-state index in [-0.39, 0.29) is 5.41 Å². The summed E-state index contributed by atoms with van der Waals surface area (Å²) in [5.74, 6) is 1.74. The summed E-state index contributed by atoms with van der Waals surface area (Å²) in [6.45, 7) is 4.68. The molecule has 0 saturated heterocycles. The van der Waals surface area contributed by atoms with Gasteiger partial charge in [0.2, 0.25) is 5.95 Å². The van der Waals surface area contributed by atoms with Crippen molar-refractivity contribution < 1.29 is 4.42 Å². The normalized spacial score (nSPS) is 13.1. The van der Waals surface area contributed by atoms with E-state index < -0.39 is 0 Å². The minimum Gasteiger partial charge on any atom is -0.456 e. The van der Waals surface area contributed by atoms with Crippen molar-refractivity contribution in [3.05, 3.63) is 193 Å². The van der Waals surface area contributed by atoms with Gasteiger partial charge in [0, 0.05) is 38.1 Å². The van der Waals surface area contributed by atoms with Crippen molar-refractivity contribution in [2.75, 3.05) is 0 Å². The number of nitrogens with zero attached hydrogens (tertiary/aromatic N) is 4. The molecule has 0 aliphatic heterocycles. The Morgan fingerprint density at radius 1 is 0.424 bits per heavy atom. The summed E-state index contributed by atoms with van der Waals surface area (Å²) in [5.41, 5.74) is 14.9. The first-order valence-electron chi connectivity index (χ1n) is 20.1. The summed E-state index contributed by atoms with van der Waals surface area (Å²) in [7, 11) is 0. The van der Waals surface area contributed by atoms with Gasteiger partial charge in [-0.3, -0.25) is 4.57 Å². The van der Waals surface area contributed by atoms with E-state index >= 15 is 0 Å². The Bertz CT molecular complexity index is 3470. The first-order chi connectivity index (χ1) is 29.0. The summed E-state index contributed by atoms with van der Waals surface area (Å²) >= 11 is 0. The summed E-state index contributed by atoms with van der Waals surface area (Å²) < 4.78 is 8.68. The average Bonchev–Trinajstić information content (AvgIpc) is 3.92. The molecule has 0 N–H and O–H groups in total. The maximum Gasteiger partial charge on any atom is 0.238 e. The van der Waals surface area contributed by atoms with Crippen LogP contribution in [0.15, 0.2) is 186 Å². The van der Waals surface area contributed by atoms with Crippen LogP contribution in [0.3, 0.4) is 0 Å². The molecule has 0 spiro atoms. The van der Waals surface area contributed by atoms with Crippen molar-refractivity contribution in [2.24, 2.45) is 0 Å². The second-order valence-corrected chi connectivity index (χ2v) is 16.0. The highest BCUT2D eigenvalue weighted by atomic mass is 16.3. The third kappa shape index (κ3) is 5.01. The Balaban J connectivity index is 1.16. The standard InChI is InChI=1S/C54H36N4O/c1-54(2)44-23-11-8-18-37(44)39-31-32-40-38-19-9-12-24-45(38)58(50(40)49(39)54)53-56-51(55-52(57-53)43-22-14-26-47-48(43)42-21-10-13-25-46(42)59-47)41-20-7-6-17-36(41)35-29-27-34(28-30-35)33-15-4-3-5-16-33/h3-32H,1-2H3. The Hall–Kier alpha value is -7.63. The van der Waals surface area contributed by atoms with Gasteiger partial charge in [0.25, 0.3) is 0 Å². The van der Waals surface area contributed by atoms with Crippen molar-refractivity contribution in [2.45, 2.75) is 19.3 Å². The quantitative estimate of drug-likeness (QED) is 0.175. The van der Waals surface area contributed by atoms with Crippen molar-refractivity contribution in [3.63, 3.8) is 0 Å². The number of hydrogen-bond donors (Lipinski definition) is 0. The fourth-order valence-electron chi connectivity index (χ4n) is 9.59. The molecule has 5 nitrogen and oxygen atoms in total. The Labute approximate surface area is 340 Å². The first kappa shape index (κ1) is 33.5. The minimum absolute atomic E-state index is 0.268. The van der Waals surface area contributed by atoms with Crippen LogP contribution in [0.2, 0.25) is 0 Å². The van der Waals surface area contributed by atoms with E-state index in [1.807, 2.05) is 30.3 Å². The largest absolute Gasteiger partial charge is 0.456 e. The number of aromatic nitrogens is 4. The summed E-state index contributed by atoms with van der Waals surface area (Å²) in [6, 6.07) is 64.0. The van der Waals surface area contributed by atoms with Crippen LogP contribution in [-0.2, 0) is 5.41 Å². The highest BCUT2D eigenvalue weighted by molar-refractivity contribution is 6.14. The third-order valence-electron chi connectivity index (χ3n) is 12.3. The van der Waals surface area contributed by atoms with Gasteiger partial charge in [-0.05, 0) is 62.7 Å². The van der Waals surface area contributed by atoms with E-state index in [9.17, 15) is 0 Å². The molecule has 3 aromatic heterocycles. The molecule has 0 unspecified atom stereocenters. The van der Waals surface area contributed by atoms with E-state index in [1.165, 1.54) is 38.8 Å². The molecular weight excluding hydrogens is 721 g/mol. The van der Waals surface area contributed by atoms with Crippen LogP contribution < -0.4 is 0 Å². The molecule has 0 amide bonds. The lowest BCUT2D eigenvalue weighted by atomic mass is 9.81. The van der Waals surface area contributed by atoms with Crippen LogP contribution in [0.5, 0.6) is 0 Å². The van der Waals surface area contributed by atoms with Gasteiger partial charge in [-0.25, -0.2) is 4.98 Å². The zero-order valence-corrected chi connectivity index (χ0v) is 32.5. The molecule has 59 heavy (non-hydrogen) atoms. The molecule has 1 aliphatic carbocycles. The van der Waals surface area contributed by atoms with Crippen molar-refractivity contribution in [3.8, 4) is 62.1 Å². The van der Waals surface area contributed by atoms with Gasteiger partial charge in [-0.1, -0.05) is 178 Å². The van der Waals surface area contributed by atoms with Crippen LogP contribution in [-0.4, -0.2) is 19.5 Å². The Morgan fingerprint density at radius 3 is 1.86 bits per heavy atom. The maximum absolute atomic E-state index is 6.39. The lowest BCUT2D eigenvalue weighted by molar-refractivity contribution is 0.663. The highest BCUT2D eigenvalue weighted by Crippen LogP contribution is 2.53. The van der Waals surface area contributed by atoms with Gasteiger partial charge in [0.15, 0.2) is 11.6 Å². The second kappa shape index (κ2) is 12.7. The number of hydrogen-bond acceptors (Lipinski definition) is 4. The van der Waals surface area contributed by atoms with Crippen LogP contribution in [0.25, 0.3) is 106 Å².